The highest BCUT2D eigenvalue weighted by atomic mass is 16.5. The zero-order valence-corrected chi connectivity index (χ0v) is 12.6. The lowest BCUT2D eigenvalue weighted by molar-refractivity contribution is 0.232. The number of hydrogen-bond acceptors (Lipinski definition) is 3. The van der Waals surface area contributed by atoms with Gasteiger partial charge in [-0.05, 0) is 24.0 Å². The third-order valence-electron chi connectivity index (χ3n) is 3.87. The molecule has 19 heavy (non-hydrogen) atoms. The van der Waals surface area contributed by atoms with Crippen LogP contribution in [-0.2, 0) is 6.54 Å². The molecule has 1 aromatic carbocycles. The SMILES string of the molecule is COc1c(C)ccc(CN2CCNCC2)c1C(C)C. The number of rotatable bonds is 4. The van der Waals surface area contributed by atoms with Crippen LogP contribution in [0, 0.1) is 6.92 Å². The van der Waals surface area contributed by atoms with Crippen LogP contribution in [0.4, 0.5) is 0 Å². The molecule has 0 aromatic heterocycles. The van der Waals surface area contributed by atoms with Crippen molar-refractivity contribution >= 4 is 0 Å². The first-order chi connectivity index (χ1) is 9.13. The van der Waals surface area contributed by atoms with E-state index in [4.69, 9.17) is 4.74 Å². The van der Waals surface area contributed by atoms with Crippen LogP contribution in [0.1, 0.15) is 36.5 Å². The number of piperazine rings is 1. The number of nitrogens with one attached hydrogen (secondary N) is 1. The maximum atomic E-state index is 5.64. The van der Waals surface area contributed by atoms with E-state index in [-0.39, 0.29) is 0 Å². The zero-order valence-electron chi connectivity index (χ0n) is 12.6. The minimum absolute atomic E-state index is 0.493. The Kier molecular flexibility index (Phi) is 4.83. The highest BCUT2D eigenvalue weighted by Crippen LogP contribution is 2.33. The second-order valence-electron chi connectivity index (χ2n) is 5.67. The average Bonchev–Trinajstić information content (AvgIpc) is 2.41. The normalized spacial score (nSPS) is 16.9. The Labute approximate surface area is 116 Å². The van der Waals surface area contributed by atoms with Crippen LogP contribution in [0.2, 0.25) is 0 Å². The van der Waals surface area contributed by atoms with Crippen LogP contribution >= 0.6 is 0 Å². The van der Waals surface area contributed by atoms with E-state index < -0.39 is 0 Å². The molecule has 3 nitrogen and oxygen atoms in total. The molecule has 1 heterocycles. The van der Waals surface area contributed by atoms with Gasteiger partial charge in [0.25, 0.3) is 0 Å². The van der Waals surface area contributed by atoms with Crippen LogP contribution in [0.5, 0.6) is 5.75 Å². The van der Waals surface area contributed by atoms with Crippen molar-refractivity contribution in [3.63, 3.8) is 0 Å². The Bertz CT molecular complexity index is 423. The smallest absolute Gasteiger partial charge is 0.125 e. The van der Waals surface area contributed by atoms with Crippen molar-refractivity contribution in [2.24, 2.45) is 0 Å². The minimum Gasteiger partial charge on any atom is -0.496 e. The van der Waals surface area contributed by atoms with Gasteiger partial charge in [-0.1, -0.05) is 26.0 Å². The highest BCUT2D eigenvalue weighted by Gasteiger charge is 2.18. The molecule has 1 aromatic rings. The summed E-state index contributed by atoms with van der Waals surface area (Å²) in [4.78, 5) is 2.52. The Morgan fingerprint density at radius 1 is 1.26 bits per heavy atom. The number of hydrogen-bond donors (Lipinski definition) is 1. The van der Waals surface area contributed by atoms with Gasteiger partial charge in [0.05, 0.1) is 7.11 Å². The van der Waals surface area contributed by atoms with E-state index in [2.05, 4.69) is 43.1 Å². The third-order valence-corrected chi connectivity index (χ3v) is 3.87. The molecule has 1 fully saturated rings. The quantitative estimate of drug-likeness (QED) is 0.902. The van der Waals surface area contributed by atoms with Crippen molar-refractivity contribution in [1.82, 2.24) is 10.2 Å². The van der Waals surface area contributed by atoms with E-state index in [9.17, 15) is 0 Å². The van der Waals surface area contributed by atoms with Crippen LogP contribution in [0.15, 0.2) is 12.1 Å². The molecule has 1 N–H and O–H groups in total. The van der Waals surface area contributed by atoms with Crippen LogP contribution in [0.25, 0.3) is 0 Å². The van der Waals surface area contributed by atoms with Crippen molar-refractivity contribution in [3.8, 4) is 5.75 Å². The topological polar surface area (TPSA) is 24.5 Å². The highest BCUT2D eigenvalue weighted by molar-refractivity contribution is 5.47. The molecule has 0 amide bonds. The second-order valence-corrected chi connectivity index (χ2v) is 5.67. The molecular formula is C16H26N2O. The number of methoxy groups -OCH3 is 1. The number of nitrogens with zero attached hydrogens (tertiary/aromatic N) is 1. The molecule has 1 aliphatic heterocycles. The Morgan fingerprint density at radius 3 is 2.53 bits per heavy atom. The van der Waals surface area contributed by atoms with Gasteiger partial charge in [-0.25, -0.2) is 0 Å². The predicted molar refractivity (Wildman–Crippen MR) is 80.0 cm³/mol. The van der Waals surface area contributed by atoms with Crippen molar-refractivity contribution < 1.29 is 4.74 Å². The molecule has 0 unspecified atom stereocenters. The van der Waals surface area contributed by atoms with Crippen LogP contribution in [0.3, 0.4) is 0 Å². The van der Waals surface area contributed by atoms with Gasteiger partial charge in [0, 0.05) is 38.3 Å². The lowest BCUT2D eigenvalue weighted by atomic mass is 9.93. The standard InChI is InChI=1S/C16H26N2O/c1-12(2)15-14(6-5-13(3)16(15)19-4)11-18-9-7-17-8-10-18/h5-6,12,17H,7-11H2,1-4H3. The molecule has 1 aliphatic rings. The first-order valence-electron chi connectivity index (χ1n) is 7.23. The van der Waals surface area contributed by atoms with Crippen LogP contribution < -0.4 is 10.1 Å². The molecule has 0 bridgehead atoms. The molecule has 1 saturated heterocycles. The van der Waals surface area contributed by atoms with Gasteiger partial charge >= 0.3 is 0 Å². The van der Waals surface area contributed by atoms with E-state index in [1.54, 1.807) is 7.11 Å². The first-order valence-corrected chi connectivity index (χ1v) is 7.23. The molecule has 3 heteroatoms. The Balaban J connectivity index is 2.28. The lowest BCUT2D eigenvalue weighted by Gasteiger charge is -2.29. The minimum atomic E-state index is 0.493. The maximum absolute atomic E-state index is 5.64. The Morgan fingerprint density at radius 2 is 1.95 bits per heavy atom. The number of aryl methyl sites for hydroxylation is 1. The summed E-state index contributed by atoms with van der Waals surface area (Å²) in [5, 5.41) is 3.40. The van der Waals surface area contributed by atoms with Crippen molar-refractivity contribution in [2.75, 3.05) is 33.3 Å². The van der Waals surface area contributed by atoms with Crippen LogP contribution in [-0.4, -0.2) is 38.2 Å². The zero-order chi connectivity index (χ0) is 13.8. The second kappa shape index (κ2) is 6.40. The van der Waals surface area contributed by atoms with Gasteiger partial charge < -0.3 is 10.1 Å². The molecule has 0 spiro atoms. The monoisotopic (exact) mass is 262 g/mol. The van der Waals surface area contributed by atoms with Gasteiger partial charge in [0.1, 0.15) is 5.75 Å². The largest absolute Gasteiger partial charge is 0.496 e. The van der Waals surface area contributed by atoms with Gasteiger partial charge in [-0.3, -0.25) is 4.90 Å². The van der Waals surface area contributed by atoms with Crippen molar-refractivity contribution in [3.05, 3.63) is 28.8 Å². The summed E-state index contributed by atoms with van der Waals surface area (Å²) in [6.45, 7) is 12.1. The van der Waals surface area contributed by atoms with Gasteiger partial charge in [-0.2, -0.15) is 0 Å². The summed E-state index contributed by atoms with van der Waals surface area (Å²) in [6, 6.07) is 4.46. The summed E-state index contributed by atoms with van der Waals surface area (Å²) in [5.41, 5.74) is 4.02. The van der Waals surface area contributed by atoms with E-state index >= 15 is 0 Å². The number of ether oxygens (including phenoxy) is 1. The number of benzene rings is 1. The fourth-order valence-corrected chi connectivity index (χ4v) is 2.90. The molecular weight excluding hydrogens is 236 g/mol. The molecule has 0 saturated carbocycles. The molecule has 106 valence electrons. The van der Waals surface area contributed by atoms with E-state index in [0.29, 0.717) is 5.92 Å². The fourth-order valence-electron chi connectivity index (χ4n) is 2.90. The van der Waals surface area contributed by atoms with Gasteiger partial charge in [0.15, 0.2) is 0 Å². The van der Waals surface area contributed by atoms with Gasteiger partial charge in [0.2, 0.25) is 0 Å². The fraction of sp³-hybridized carbons (Fsp3) is 0.625. The molecule has 2 rings (SSSR count). The van der Waals surface area contributed by atoms with Crippen molar-refractivity contribution in [2.45, 2.75) is 33.2 Å². The first kappa shape index (κ1) is 14.4. The molecule has 0 atom stereocenters. The Hall–Kier alpha value is -1.06. The van der Waals surface area contributed by atoms with E-state index in [1.165, 1.54) is 16.7 Å². The van der Waals surface area contributed by atoms with E-state index in [0.717, 1.165) is 38.5 Å². The maximum Gasteiger partial charge on any atom is 0.125 e. The van der Waals surface area contributed by atoms with Gasteiger partial charge in [-0.15, -0.1) is 0 Å². The average molecular weight is 262 g/mol. The van der Waals surface area contributed by atoms with Crippen molar-refractivity contribution in [1.29, 1.82) is 0 Å². The summed E-state index contributed by atoms with van der Waals surface area (Å²) < 4.78 is 5.64. The molecule has 0 aliphatic carbocycles. The summed E-state index contributed by atoms with van der Waals surface area (Å²) >= 11 is 0. The lowest BCUT2D eigenvalue weighted by Crippen LogP contribution is -2.43. The third kappa shape index (κ3) is 3.28. The summed E-state index contributed by atoms with van der Waals surface area (Å²) in [6.07, 6.45) is 0. The summed E-state index contributed by atoms with van der Waals surface area (Å²) in [5.74, 6) is 1.57. The molecule has 0 radical (unpaired) electrons. The summed E-state index contributed by atoms with van der Waals surface area (Å²) in [7, 11) is 1.78. The predicted octanol–water partition coefficient (Wildman–Crippen LogP) is 2.53. The van der Waals surface area contributed by atoms with E-state index in [1.807, 2.05) is 0 Å².